The monoisotopic (exact) mass is 698 g/mol. The van der Waals surface area contributed by atoms with E-state index in [2.05, 4.69) is 31.9 Å². The molecule has 2 aromatic carbocycles. The Hall–Kier alpha value is -3.24. The second-order valence-corrected chi connectivity index (χ2v) is 13.0. The van der Waals surface area contributed by atoms with Crippen molar-refractivity contribution in [2.24, 2.45) is 0 Å². The summed E-state index contributed by atoms with van der Waals surface area (Å²) in [5.41, 5.74) is 5.21. The number of allylic oxidation sites excluding steroid dienone is 3. The van der Waals surface area contributed by atoms with Crippen LogP contribution in [0.25, 0.3) is 11.6 Å². The number of aromatic nitrogens is 1. The van der Waals surface area contributed by atoms with Crippen molar-refractivity contribution in [3.63, 3.8) is 0 Å². The highest BCUT2D eigenvalue weighted by molar-refractivity contribution is 9.12. The second kappa shape index (κ2) is 11.1. The Morgan fingerprint density at radius 1 is 1.00 bits per heavy atom. The molecule has 5 rings (SSSR count). The molecule has 0 atom stereocenters. The third-order valence-corrected chi connectivity index (χ3v) is 9.43. The van der Waals surface area contributed by atoms with Crippen LogP contribution in [0.5, 0.6) is 5.75 Å². The van der Waals surface area contributed by atoms with E-state index in [-0.39, 0.29) is 6.61 Å². The van der Waals surface area contributed by atoms with E-state index in [0.29, 0.717) is 37.5 Å². The average molecular weight is 700 g/mol. The Labute approximate surface area is 261 Å². The van der Waals surface area contributed by atoms with Crippen molar-refractivity contribution in [3.05, 3.63) is 109 Å². The number of benzene rings is 2. The van der Waals surface area contributed by atoms with E-state index in [4.69, 9.17) is 9.47 Å². The van der Waals surface area contributed by atoms with E-state index in [9.17, 15) is 4.79 Å². The largest absolute Gasteiger partial charge is 0.737 e. The third-order valence-electron chi connectivity index (χ3n) is 7.26. The molecule has 0 unspecified atom stereocenters. The Bertz CT molecular complexity index is 1710. The lowest BCUT2D eigenvalue weighted by molar-refractivity contribution is -0.362. The molecule has 0 saturated carbocycles. The van der Waals surface area contributed by atoms with Gasteiger partial charge < -0.3 is 27.1 Å². The molecule has 0 aliphatic carbocycles. The molecule has 3 heterocycles. The lowest BCUT2D eigenvalue weighted by Gasteiger charge is -2.33. The highest BCUT2D eigenvalue weighted by Crippen LogP contribution is 2.48. The maximum Gasteiger partial charge on any atom is 0.737 e. The van der Waals surface area contributed by atoms with Crippen LogP contribution in [-0.4, -0.2) is 39.8 Å². The van der Waals surface area contributed by atoms with E-state index in [1.807, 2.05) is 44.2 Å². The fourth-order valence-corrected chi connectivity index (χ4v) is 6.37. The van der Waals surface area contributed by atoms with Crippen molar-refractivity contribution in [1.29, 1.82) is 0 Å². The topological polar surface area (TPSA) is 43.5 Å². The summed E-state index contributed by atoms with van der Waals surface area (Å²) in [4.78, 5) is 12.0. The minimum absolute atomic E-state index is 0.206. The first-order valence-corrected chi connectivity index (χ1v) is 15.2. The van der Waals surface area contributed by atoms with Crippen LogP contribution in [0.2, 0.25) is 0 Å². The van der Waals surface area contributed by atoms with Crippen LogP contribution in [0.3, 0.4) is 0 Å². The number of hydrogen-bond acceptors (Lipinski definition) is 3. The number of halogens is 4. The smallest absolute Gasteiger partial charge is 0.482 e. The molecular weight excluding hydrogens is 669 g/mol. The Morgan fingerprint density at radius 2 is 1.64 bits per heavy atom. The third kappa shape index (κ3) is 5.35. The molecule has 5 nitrogen and oxygen atoms in total. The van der Waals surface area contributed by atoms with Gasteiger partial charge in [-0.05, 0) is 114 Å². The average Bonchev–Trinajstić information content (AvgIpc) is 3.32. The Morgan fingerprint density at radius 3 is 2.26 bits per heavy atom. The van der Waals surface area contributed by atoms with Gasteiger partial charge in [0.2, 0.25) is 0 Å². The fraction of sp³-hybridized carbons (Fsp3) is 0.250. The van der Waals surface area contributed by atoms with Gasteiger partial charge >= 0.3 is 12.9 Å². The van der Waals surface area contributed by atoms with Crippen molar-refractivity contribution in [1.82, 2.24) is 4.48 Å². The van der Waals surface area contributed by atoms with Gasteiger partial charge in [0.15, 0.2) is 18.0 Å². The molecule has 10 heteroatoms. The number of ether oxygens (including phenoxy) is 2. The zero-order valence-electron chi connectivity index (χ0n) is 24.3. The van der Waals surface area contributed by atoms with Crippen molar-refractivity contribution in [2.45, 2.75) is 47.1 Å². The van der Waals surface area contributed by atoms with Crippen molar-refractivity contribution < 1.29 is 27.4 Å². The molecule has 0 amide bonds. The van der Waals surface area contributed by atoms with Gasteiger partial charge in [0.25, 0.3) is 0 Å². The second-order valence-electron chi connectivity index (χ2n) is 11.4. The maximum absolute atomic E-state index is 16.7. The fourth-order valence-electron chi connectivity index (χ4n) is 5.48. The molecule has 1 aromatic heterocycles. The van der Waals surface area contributed by atoms with Crippen LogP contribution in [0.15, 0.2) is 80.9 Å². The summed E-state index contributed by atoms with van der Waals surface area (Å²) in [6, 6.07) is 16.7. The molecule has 0 fully saturated rings. The summed E-state index contributed by atoms with van der Waals surface area (Å²) in [6.07, 6.45) is 3.50. The summed E-state index contributed by atoms with van der Waals surface area (Å²) >= 11 is 7.22. The summed E-state index contributed by atoms with van der Waals surface area (Å²) in [6.45, 7) is 6.42. The van der Waals surface area contributed by atoms with Gasteiger partial charge in [-0.25, -0.2) is 4.79 Å². The highest BCUT2D eigenvalue weighted by atomic mass is 79.9. The SMILES string of the molecule is CC1=C(Br)C(/C=C/c2ccc(OCC(=O)OC(C)(C)C)cc2)=[N+]2C1=C(c1ccccc1)c1c(C)c(Br)c(C)n1[B-]2(F)F. The quantitative estimate of drug-likeness (QED) is 0.192. The van der Waals surface area contributed by atoms with Gasteiger partial charge in [-0.1, -0.05) is 42.5 Å². The normalized spacial score (nSPS) is 16.3. The first-order valence-electron chi connectivity index (χ1n) is 13.6. The van der Waals surface area contributed by atoms with Gasteiger partial charge in [0, 0.05) is 21.8 Å². The predicted octanol–water partition coefficient (Wildman–Crippen LogP) is 8.43. The number of rotatable bonds is 6. The highest BCUT2D eigenvalue weighted by Gasteiger charge is 2.57. The van der Waals surface area contributed by atoms with Crippen molar-refractivity contribution in [3.8, 4) is 5.75 Å². The number of esters is 1. The molecule has 3 aromatic rings. The Kier molecular flexibility index (Phi) is 8.00. The van der Waals surface area contributed by atoms with Gasteiger partial charge in [0.1, 0.15) is 11.4 Å². The van der Waals surface area contributed by atoms with Gasteiger partial charge in [-0.15, -0.1) is 0 Å². The first kappa shape index (κ1) is 30.2. The molecule has 0 spiro atoms. The van der Waals surface area contributed by atoms with E-state index in [0.717, 1.165) is 27.8 Å². The van der Waals surface area contributed by atoms with Crippen molar-refractivity contribution in [2.75, 3.05) is 6.61 Å². The summed E-state index contributed by atoms with van der Waals surface area (Å²) in [5.74, 6) is 0.0473. The molecular formula is C32H31BBr2F2N2O3. The van der Waals surface area contributed by atoms with Gasteiger partial charge in [-0.3, -0.25) is 0 Å². The summed E-state index contributed by atoms with van der Waals surface area (Å²) in [7, 11) is 0. The van der Waals surface area contributed by atoms with Gasteiger partial charge in [0.05, 0.1) is 10.1 Å². The van der Waals surface area contributed by atoms with E-state index in [1.165, 1.54) is 8.96 Å². The van der Waals surface area contributed by atoms with Crippen LogP contribution >= 0.6 is 31.9 Å². The lowest BCUT2D eigenvalue weighted by atomic mass is 9.84. The molecule has 2 aliphatic heterocycles. The van der Waals surface area contributed by atoms with Gasteiger partial charge in [-0.2, -0.15) is 0 Å². The lowest BCUT2D eigenvalue weighted by Crippen LogP contribution is -2.51. The number of hydrogen-bond donors (Lipinski definition) is 0. The van der Waals surface area contributed by atoms with Crippen LogP contribution in [0, 0.1) is 13.8 Å². The van der Waals surface area contributed by atoms with Crippen LogP contribution in [-0.2, 0) is 9.53 Å². The zero-order valence-corrected chi connectivity index (χ0v) is 27.4. The minimum Gasteiger partial charge on any atom is -0.482 e. The van der Waals surface area contributed by atoms with Crippen LogP contribution in [0.1, 0.15) is 55.8 Å². The van der Waals surface area contributed by atoms with E-state index < -0.39 is 18.5 Å². The number of carbonyl (C=O) groups excluding carboxylic acids is 1. The summed E-state index contributed by atoms with van der Waals surface area (Å²) in [5, 5.41) is 0. The van der Waals surface area contributed by atoms with E-state index >= 15 is 8.63 Å². The zero-order chi connectivity index (χ0) is 30.6. The van der Waals surface area contributed by atoms with Crippen molar-refractivity contribution >= 4 is 62.2 Å². The Balaban J connectivity index is 1.55. The molecule has 0 radical (unpaired) electrons. The molecule has 218 valence electrons. The first-order chi connectivity index (χ1) is 19.7. The molecule has 0 bridgehead atoms. The standard InChI is InChI=1S/C32H31BBr2F2N2O3/c1-19-28(34)21(3)38-30(19)27(23-10-8-7-9-11-23)31-20(2)29(35)25(39(31)33(38,36)37)17-14-22-12-15-24(16-13-22)41-18-26(40)42-32(4,5)6/h7-17H,18H2,1-6H3/b17-14+. The van der Waals surface area contributed by atoms with Crippen LogP contribution in [0.4, 0.5) is 8.63 Å². The molecule has 2 aliphatic rings. The maximum atomic E-state index is 16.7. The molecule has 42 heavy (non-hydrogen) atoms. The molecule has 0 N–H and O–H groups in total. The van der Waals surface area contributed by atoms with E-state index in [1.54, 1.807) is 64.1 Å². The number of nitrogens with zero attached hydrogens (tertiary/aromatic N) is 2. The predicted molar refractivity (Wildman–Crippen MR) is 171 cm³/mol. The number of fused-ring (bicyclic) bond motifs is 2. The molecule has 0 saturated heterocycles. The number of carbonyl (C=O) groups is 1. The summed E-state index contributed by atoms with van der Waals surface area (Å²) < 4.78 is 47.8. The minimum atomic E-state index is -4.23. The van der Waals surface area contributed by atoms with Crippen LogP contribution < -0.4 is 4.74 Å².